The Bertz CT molecular complexity index is 538. The van der Waals surface area contributed by atoms with Crippen molar-refractivity contribution in [3.8, 4) is 0 Å². The molecule has 3 N–H and O–H groups in total. The lowest BCUT2D eigenvalue weighted by Crippen LogP contribution is -2.14. The van der Waals surface area contributed by atoms with Gasteiger partial charge in [-0.05, 0) is 24.3 Å². The molecule has 0 saturated carbocycles. The number of aryl methyl sites for hydroxylation is 1. The molecule has 94 valence electrons. The zero-order valence-electron chi connectivity index (χ0n) is 9.71. The second-order valence-corrected chi connectivity index (χ2v) is 4.58. The van der Waals surface area contributed by atoms with Crippen LogP contribution in [0, 0.1) is 6.92 Å². The van der Waals surface area contributed by atoms with Crippen molar-refractivity contribution in [1.82, 2.24) is 10.2 Å². The SMILES string of the molecule is Cc1nnc(NC(=O)CSc2ccc(N)cc2)o1. The molecule has 0 unspecified atom stereocenters. The summed E-state index contributed by atoms with van der Waals surface area (Å²) >= 11 is 1.41. The van der Waals surface area contributed by atoms with Crippen LogP contribution in [-0.4, -0.2) is 21.9 Å². The van der Waals surface area contributed by atoms with E-state index in [2.05, 4.69) is 15.5 Å². The normalized spacial score (nSPS) is 10.3. The molecule has 0 radical (unpaired) electrons. The minimum absolute atomic E-state index is 0.121. The molecular formula is C11H12N4O2S. The summed E-state index contributed by atoms with van der Waals surface area (Å²) in [7, 11) is 0. The van der Waals surface area contributed by atoms with E-state index >= 15 is 0 Å². The molecule has 0 bridgehead atoms. The highest BCUT2D eigenvalue weighted by Gasteiger charge is 2.08. The van der Waals surface area contributed by atoms with E-state index in [4.69, 9.17) is 10.2 Å². The number of carbonyl (C=O) groups excluding carboxylic acids is 1. The maximum Gasteiger partial charge on any atom is 0.322 e. The smallest absolute Gasteiger partial charge is 0.322 e. The molecule has 1 aromatic carbocycles. The van der Waals surface area contributed by atoms with Crippen molar-refractivity contribution in [2.45, 2.75) is 11.8 Å². The number of thioether (sulfide) groups is 1. The summed E-state index contributed by atoms with van der Waals surface area (Å²) in [6.45, 7) is 1.66. The molecule has 0 spiro atoms. The minimum Gasteiger partial charge on any atom is -0.408 e. The molecule has 0 atom stereocenters. The third-order valence-electron chi connectivity index (χ3n) is 2.02. The van der Waals surface area contributed by atoms with Crippen molar-refractivity contribution in [3.05, 3.63) is 30.2 Å². The van der Waals surface area contributed by atoms with Gasteiger partial charge in [-0.25, -0.2) is 0 Å². The van der Waals surface area contributed by atoms with E-state index in [1.54, 1.807) is 19.1 Å². The lowest BCUT2D eigenvalue weighted by atomic mass is 10.3. The van der Waals surface area contributed by atoms with E-state index in [9.17, 15) is 4.79 Å². The first-order valence-corrected chi connectivity index (χ1v) is 6.20. The summed E-state index contributed by atoms with van der Waals surface area (Å²) in [6.07, 6.45) is 0. The Balaban J connectivity index is 1.83. The molecule has 0 aliphatic heterocycles. The number of carbonyl (C=O) groups is 1. The van der Waals surface area contributed by atoms with Crippen molar-refractivity contribution in [2.24, 2.45) is 0 Å². The number of nitrogens with two attached hydrogens (primary N) is 1. The number of anilines is 2. The largest absolute Gasteiger partial charge is 0.408 e. The number of nitrogens with one attached hydrogen (secondary N) is 1. The van der Waals surface area contributed by atoms with Crippen LogP contribution in [0.3, 0.4) is 0 Å². The predicted molar refractivity (Wildman–Crippen MR) is 69.2 cm³/mol. The standard InChI is InChI=1S/C11H12N4O2S/c1-7-14-15-11(17-7)13-10(16)6-18-9-4-2-8(12)3-5-9/h2-5H,6,12H2,1H3,(H,13,15,16). The summed E-state index contributed by atoms with van der Waals surface area (Å²) in [4.78, 5) is 12.6. The third kappa shape index (κ3) is 3.49. The number of aromatic nitrogens is 2. The molecule has 1 aromatic heterocycles. The zero-order chi connectivity index (χ0) is 13.0. The first-order valence-electron chi connectivity index (χ1n) is 5.22. The van der Waals surface area contributed by atoms with Gasteiger partial charge in [-0.15, -0.1) is 16.9 Å². The van der Waals surface area contributed by atoms with Crippen molar-refractivity contribution in [2.75, 3.05) is 16.8 Å². The molecule has 1 heterocycles. The number of nitrogens with zero attached hydrogens (tertiary/aromatic N) is 2. The number of benzene rings is 1. The van der Waals surface area contributed by atoms with Crippen molar-refractivity contribution in [3.63, 3.8) is 0 Å². The molecule has 1 amide bonds. The minimum atomic E-state index is -0.194. The topological polar surface area (TPSA) is 94.0 Å². The van der Waals surface area contributed by atoms with E-state index in [0.717, 1.165) is 4.90 Å². The summed E-state index contributed by atoms with van der Waals surface area (Å²) in [5.74, 6) is 0.489. The Morgan fingerprint density at radius 1 is 1.39 bits per heavy atom. The van der Waals surface area contributed by atoms with Gasteiger partial charge < -0.3 is 10.2 Å². The molecule has 18 heavy (non-hydrogen) atoms. The van der Waals surface area contributed by atoms with Crippen LogP contribution in [-0.2, 0) is 4.79 Å². The van der Waals surface area contributed by atoms with Gasteiger partial charge in [0.2, 0.25) is 11.8 Å². The van der Waals surface area contributed by atoms with Crippen LogP contribution in [0.5, 0.6) is 0 Å². The highest BCUT2D eigenvalue weighted by molar-refractivity contribution is 8.00. The molecule has 2 rings (SSSR count). The van der Waals surface area contributed by atoms with Crippen LogP contribution in [0.4, 0.5) is 11.7 Å². The number of nitrogen functional groups attached to an aromatic ring is 1. The average molecular weight is 264 g/mol. The van der Waals surface area contributed by atoms with Gasteiger partial charge in [0.15, 0.2) is 0 Å². The first kappa shape index (κ1) is 12.4. The van der Waals surface area contributed by atoms with Gasteiger partial charge >= 0.3 is 6.01 Å². The van der Waals surface area contributed by atoms with Crippen molar-refractivity contribution < 1.29 is 9.21 Å². The number of amides is 1. The molecule has 7 heteroatoms. The highest BCUT2D eigenvalue weighted by atomic mass is 32.2. The van der Waals surface area contributed by atoms with E-state index in [1.807, 2.05) is 12.1 Å². The lowest BCUT2D eigenvalue weighted by molar-refractivity contribution is -0.113. The molecule has 0 saturated heterocycles. The fourth-order valence-electron chi connectivity index (χ4n) is 1.22. The van der Waals surface area contributed by atoms with Crippen LogP contribution in [0.2, 0.25) is 0 Å². The van der Waals surface area contributed by atoms with Gasteiger partial charge in [-0.3, -0.25) is 10.1 Å². The summed E-state index contributed by atoms with van der Waals surface area (Å²) in [6, 6.07) is 7.44. The summed E-state index contributed by atoms with van der Waals surface area (Å²) < 4.78 is 5.04. The highest BCUT2D eigenvalue weighted by Crippen LogP contribution is 2.19. The van der Waals surface area contributed by atoms with E-state index in [0.29, 0.717) is 11.6 Å². The fraction of sp³-hybridized carbons (Fsp3) is 0.182. The first-order chi connectivity index (χ1) is 8.63. The molecule has 0 aliphatic carbocycles. The monoisotopic (exact) mass is 264 g/mol. The van der Waals surface area contributed by atoms with Crippen LogP contribution in [0.25, 0.3) is 0 Å². The third-order valence-corrected chi connectivity index (χ3v) is 3.03. The van der Waals surface area contributed by atoms with Crippen molar-refractivity contribution >= 4 is 29.4 Å². The maximum absolute atomic E-state index is 11.6. The predicted octanol–water partition coefficient (Wildman–Crippen LogP) is 1.69. The Kier molecular flexibility index (Phi) is 3.83. The van der Waals surface area contributed by atoms with Gasteiger partial charge in [0.25, 0.3) is 0 Å². The summed E-state index contributed by atoms with van der Waals surface area (Å²) in [5.41, 5.74) is 6.27. The number of hydrogen-bond donors (Lipinski definition) is 2. The van der Waals surface area contributed by atoms with E-state index < -0.39 is 0 Å². The Morgan fingerprint density at radius 2 is 2.11 bits per heavy atom. The Hall–Kier alpha value is -2.02. The van der Waals surface area contributed by atoms with Crippen LogP contribution < -0.4 is 11.1 Å². The number of rotatable bonds is 4. The average Bonchev–Trinajstić information content (AvgIpc) is 2.74. The quantitative estimate of drug-likeness (QED) is 0.644. The van der Waals surface area contributed by atoms with Crippen LogP contribution >= 0.6 is 11.8 Å². The van der Waals surface area contributed by atoms with Gasteiger partial charge in [-0.2, -0.15) is 0 Å². The molecule has 2 aromatic rings. The fourth-order valence-corrected chi connectivity index (χ4v) is 1.91. The molecule has 6 nitrogen and oxygen atoms in total. The van der Waals surface area contributed by atoms with E-state index in [1.165, 1.54) is 11.8 Å². The maximum atomic E-state index is 11.6. The zero-order valence-corrected chi connectivity index (χ0v) is 10.5. The molecule has 0 aliphatic rings. The van der Waals surface area contributed by atoms with Crippen LogP contribution in [0.15, 0.2) is 33.6 Å². The van der Waals surface area contributed by atoms with Crippen molar-refractivity contribution in [1.29, 1.82) is 0 Å². The summed E-state index contributed by atoms with van der Waals surface area (Å²) in [5, 5.41) is 9.81. The van der Waals surface area contributed by atoms with Gasteiger partial charge in [0.05, 0.1) is 5.75 Å². The van der Waals surface area contributed by atoms with E-state index in [-0.39, 0.29) is 17.7 Å². The lowest BCUT2D eigenvalue weighted by Gasteiger charge is -2.01. The second-order valence-electron chi connectivity index (χ2n) is 3.53. The van der Waals surface area contributed by atoms with Crippen LogP contribution in [0.1, 0.15) is 5.89 Å². The number of hydrogen-bond acceptors (Lipinski definition) is 6. The Labute approximate surface area is 108 Å². The second kappa shape index (κ2) is 5.54. The molecular weight excluding hydrogens is 252 g/mol. The molecule has 0 fully saturated rings. The Morgan fingerprint density at radius 3 is 2.72 bits per heavy atom. The van der Waals surface area contributed by atoms with Gasteiger partial charge in [0, 0.05) is 17.5 Å². The van der Waals surface area contributed by atoms with Gasteiger partial charge in [-0.1, -0.05) is 5.10 Å². The van der Waals surface area contributed by atoms with Gasteiger partial charge in [0.1, 0.15) is 0 Å².